The number of likely N-dealkylation sites (tertiary alicyclic amines) is 1. The number of amides is 1. The molecule has 1 heterocycles. The van der Waals surface area contributed by atoms with Gasteiger partial charge in [0.25, 0.3) is 0 Å². The summed E-state index contributed by atoms with van der Waals surface area (Å²) in [6.45, 7) is 6.07. The van der Waals surface area contributed by atoms with Crippen LogP contribution in [0.4, 0.5) is 4.79 Å². The Hall–Kier alpha value is -1.55. The monoisotopic (exact) mass is 291 g/mol. The molecule has 4 heteroatoms. The Morgan fingerprint density at radius 1 is 1.33 bits per heavy atom. The minimum Gasteiger partial charge on any atom is -0.444 e. The van der Waals surface area contributed by atoms with Gasteiger partial charge in [0.1, 0.15) is 11.3 Å². The van der Waals surface area contributed by atoms with Crippen LogP contribution in [0.1, 0.15) is 45.6 Å². The molecule has 1 N–H and O–H groups in total. The average Bonchev–Trinajstić information content (AvgIpc) is 2.78. The molecule has 1 aromatic rings. The SMILES string of the molecule is CC(C)(C)OC(=O)N1CCCC1(O)CCc1ccccc1. The number of benzene rings is 1. The van der Waals surface area contributed by atoms with Crippen LogP contribution in [0.25, 0.3) is 0 Å². The van der Waals surface area contributed by atoms with Crippen LogP contribution >= 0.6 is 0 Å². The molecule has 1 fully saturated rings. The number of aryl methyl sites for hydroxylation is 1. The zero-order chi connectivity index (χ0) is 15.5. The zero-order valence-corrected chi connectivity index (χ0v) is 13.1. The molecule has 1 aliphatic heterocycles. The number of rotatable bonds is 3. The molecule has 2 rings (SSSR count). The van der Waals surface area contributed by atoms with Crippen LogP contribution < -0.4 is 0 Å². The van der Waals surface area contributed by atoms with Crippen molar-refractivity contribution in [3.8, 4) is 0 Å². The molecule has 4 nitrogen and oxygen atoms in total. The minimum absolute atomic E-state index is 0.421. The van der Waals surface area contributed by atoms with Crippen molar-refractivity contribution < 1.29 is 14.6 Å². The van der Waals surface area contributed by atoms with E-state index in [0.717, 1.165) is 12.8 Å². The highest BCUT2D eigenvalue weighted by atomic mass is 16.6. The molecule has 0 aliphatic carbocycles. The molecule has 1 atom stereocenters. The Morgan fingerprint density at radius 3 is 2.62 bits per heavy atom. The lowest BCUT2D eigenvalue weighted by Crippen LogP contribution is -2.49. The second kappa shape index (κ2) is 6.06. The van der Waals surface area contributed by atoms with Gasteiger partial charge in [-0.1, -0.05) is 30.3 Å². The Labute approximate surface area is 126 Å². The van der Waals surface area contributed by atoms with E-state index < -0.39 is 17.4 Å². The quantitative estimate of drug-likeness (QED) is 0.929. The maximum atomic E-state index is 12.2. The molecule has 0 aromatic heterocycles. The maximum Gasteiger partial charge on any atom is 0.412 e. The van der Waals surface area contributed by atoms with Gasteiger partial charge >= 0.3 is 6.09 Å². The normalized spacial score (nSPS) is 22.4. The lowest BCUT2D eigenvalue weighted by molar-refractivity contribution is -0.0882. The van der Waals surface area contributed by atoms with Crippen molar-refractivity contribution in [3.63, 3.8) is 0 Å². The van der Waals surface area contributed by atoms with Gasteiger partial charge in [0.15, 0.2) is 0 Å². The van der Waals surface area contributed by atoms with Gasteiger partial charge < -0.3 is 9.84 Å². The summed E-state index contributed by atoms with van der Waals surface area (Å²) in [6.07, 6.45) is 2.28. The van der Waals surface area contributed by atoms with Crippen molar-refractivity contribution in [1.29, 1.82) is 0 Å². The van der Waals surface area contributed by atoms with E-state index >= 15 is 0 Å². The maximum absolute atomic E-state index is 12.2. The Morgan fingerprint density at radius 2 is 2.00 bits per heavy atom. The van der Waals surface area contributed by atoms with Crippen molar-refractivity contribution >= 4 is 6.09 Å². The standard InChI is InChI=1S/C17H25NO3/c1-16(2,3)21-15(19)18-13-7-11-17(18,20)12-10-14-8-5-4-6-9-14/h4-6,8-9,20H,7,10-13H2,1-3H3. The molecule has 1 aliphatic rings. The first-order valence-corrected chi connectivity index (χ1v) is 7.57. The molecule has 1 saturated heterocycles. The summed E-state index contributed by atoms with van der Waals surface area (Å²) in [6, 6.07) is 10.0. The average molecular weight is 291 g/mol. The number of carbonyl (C=O) groups excluding carboxylic acids is 1. The summed E-state index contributed by atoms with van der Waals surface area (Å²) in [5.74, 6) is 0. The van der Waals surface area contributed by atoms with E-state index in [4.69, 9.17) is 4.74 Å². The summed E-state index contributed by atoms with van der Waals surface area (Å²) in [7, 11) is 0. The number of nitrogens with zero attached hydrogens (tertiary/aromatic N) is 1. The first-order valence-electron chi connectivity index (χ1n) is 7.57. The van der Waals surface area contributed by atoms with Crippen LogP contribution in [0.3, 0.4) is 0 Å². The molecule has 0 spiro atoms. The van der Waals surface area contributed by atoms with Gasteiger partial charge in [-0.15, -0.1) is 0 Å². The molecule has 1 aromatic carbocycles. The van der Waals surface area contributed by atoms with Gasteiger partial charge in [0.2, 0.25) is 0 Å². The highest BCUT2D eigenvalue weighted by Crippen LogP contribution is 2.32. The van der Waals surface area contributed by atoms with E-state index in [1.165, 1.54) is 10.5 Å². The number of hydrogen-bond donors (Lipinski definition) is 1. The van der Waals surface area contributed by atoms with Crippen LogP contribution in [0.2, 0.25) is 0 Å². The van der Waals surface area contributed by atoms with E-state index in [9.17, 15) is 9.90 Å². The predicted octanol–water partition coefficient (Wildman–Crippen LogP) is 3.34. The van der Waals surface area contributed by atoms with E-state index in [1.54, 1.807) is 0 Å². The fraction of sp³-hybridized carbons (Fsp3) is 0.588. The summed E-state index contributed by atoms with van der Waals surface area (Å²) in [4.78, 5) is 13.7. The second-order valence-corrected chi connectivity index (χ2v) is 6.70. The molecular formula is C17H25NO3. The molecular weight excluding hydrogens is 266 g/mol. The van der Waals surface area contributed by atoms with E-state index in [0.29, 0.717) is 19.4 Å². The molecule has 0 bridgehead atoms. The molecule has 116 valence electrons. The van der Waals surface area contributed by atoms with Crippen LogP contribution in [0.15, 0.2) is 30.3 Å². The molecule has 0 saturated carbocycles. The van der Waals surface area contributed by atoms with Gasteiger partial charge in [-0.25, -0.2) is 4.79 Å². The van der Waals surface area contributed by atoms with Crippen molar-refractivity contribution in [2.24, 2.45) is 0 Å². The third-order valence-corrected chi connectivity index (χ3v) is 3.73. The smallest absolute Gasteiger partial charge is 0.412 e. The van der Waals surface area contributed by atoms with E-state index in [2.05, 4.69) is 0 Å². The Bertz CT molecular complexity index is 481. The number of hydrogen-bond acceptors (Lipinski definition) is 3. The Kier molecular flexibility index (Phi) is 4.57. The third kappa shape index (κ3) is 4.21. The molecule has 1 unspecified atom stereocenters. The lowest BCUT2D eigenvalue weighted by Gasteiger charge is -2.35. The number of carbonyl (C=O) groups is 1. The summed E-state index contributed by atoms with van der Waals surface area (Å²) < 4.78 is 5.40. The first-order chi connectivity index (χ1) is 9.80. The second-order valence-electron chi connectivity index (χ2n) is 6.70. The fourth-order valence-electron chi connectivity index (χ4n) is 2.69. The largest absolute Gasteiger partial charge is 0.444 e. The van der Waals surface area contributed by atoms with Crippen LogP contribution in [0.5, 0.6) is 0 Å². The topological polar surface area (TPSA) is 49.8 Å². The van der Waals surface area contributed by atoms with Crippen LogP contribution in [-0.2, 0) is 11.2 Å². The van der Waals surface area contributed by atoms with Gasteiger partial charge in [0, 0.05) is 6.54 Å². The molecule has 21 heavy (non-hydrogen) atoms. The molecule has 1 amide bonds. The van der Waals surface area contributed by atoms with Gasteiger partial charge in [-0.2, -0.15) is 0 Å². The van der Waals surface area contributed by atoms with Gasteiger partial charge in [-0.3, -0.25) is 4.90 Å². The minimum atomic E-state index is -1.09. The Balaban J connectivity index is 2.00. The summed E-state index contributed by atoms with van der Waals surface area (Å²) in [5, 5.41) is 10.8. The summed E-state index contributed by atoms with van der Waals surface area (Å²) in [5.41, 5.74) is -0.458. The van der Waals surface area contributed by atoms with Gasteiger partial charge in [-0.05, 0) is 52.0 Å². The number of aliphatic hydroxyl groups is 1. The van der Waals surface area contributed by atoms with Crippen LogP contribution in [-0.4, -0.2) is 34.0 Å². The van der Waals surface area contributed by atoms with Crippen molar-refractivity contribution in [3.05, 3.63) is 35.9 Å². The highest BCUT2D eigenvalue weighted by molar-refractivity contribution is 5.69. The zero-order valence-electron chi connectivity index (χ0n) is 13.1. The van der Waals surface area contributed by atoms with Gasteiger partial charge in [0.05, 0.1) is 0 Å². The third-order valence-electron chi connectivity index (χ3n) is 3.73. The molecule has 0 radical (unpaired) electrons. The van der Waals surface area contributed by atoms with Crippen LogP contribution in [0, 0.1) is 0 Å². The number of ether oxygens (including phenoxy) is 1. The van der Waals surface area contributed by atoms with Crippen molar-refractivity contribution in [1.82, 2.24) is 4.90 Å². The highest BCUT2D eigenvalue weighted by Gasteiger charge is 2.43. The van der Waals surface area contributed by atoms with E-state index in [1.807, 2.05) is 51.1 Å². The fourth-order valence-corrected chi connectivity index (χ4v) is 2.69. The summed E-state index contributed by atoms with van der Waals surface area (Å²) >= 11 is 0. The van der Waals surface area contributed by atoms with Crippen molar-refractivity contribution in [2.75, 3.05) is 6.54 Å². The first kappa shape index (κ1) is 15.8. The lowest BCUT2D eigenvalue weighted by atomic mass is 10.0. The van der Waals surface area contributed by atoms with Crippen molar-refractivity contribution in [2.45, 2.75) is 57.8 Å². The van der Waals surface area contributed by atoms with E-state index in [-0.39, 0.29) is 0 Å². The predicted molar refractivity (Wildman–Crippen MR) is 81.9 cm³/mol.